The third-order valence-electron chi connectivity index (χ3n) is 1.15. The predicted molar refractivity (Wildman–Crippen MR) is 43.7 cm³/mol. The number of carbonyl (C=O) groups excluding carboxylic acids is 1. The smallest absolute Gasteiger partial charge is 0.333 e. The molecule has 1 fully saturated rings. The molecule has 1 aliphatic heterocycles. The standard InChI is InChI=1S/C7H10O3.CH4O/c1-5(2)7(8)10-4-6-3-9-6;1-2/h6H,1,3-4H2,2H3;2H,1H3. The van der Waals surface area contributed by atoms with E-state index in [0.29, 0.717) is 18.8 Å². The Morgan fingerprint density at radius 1 is 1.75 bits per heavy atom. The van der Waals surface area contributed by atoms with E-state index in [1.54, 1.807) is 6.92 Å². The van der Waals surface area contributed by atoms with Crippen molar-refractivity contribution in [2.75, 3.05) is 20.3 Å². The molecule has 1 atom stereocenters. The molecule has 4 heteroatoms. The monoisotopic (exact) mass is 174 g/mol. The molecule has 0 aromatic carbocycles. The van der Waals surface area contributed by atoms with E-state index in [4.69, 9.17) is 14.6 Å². The fourth-order valence-electron chi connectivity index (χ4n) is 0.456. The molecule has 70 valence electrons. The topological polar surface area (TPSA) is 59.1 Å². The number of hydrogen-bond donors (Lipinski definition) is 1. The molecule has 1 rings (SSSR count). The van der Waals surface area contributed by atoms with Crippen LogP contribution in [0.5, 0.6) is 0 Å². The van der Waals surface area contributed by atoms with Gasteiger partial charge in [0.1, 0.15) is 12.7 Å². The molecule has 1 saturated heterocycles. The number of ether oxygens (including phenoxy) is 2. The molecule has 4 nitrogen and oxygen atoms in total. The maximum Gasteiger partial charge on any atom is 0.333 e. The number of aliphatic hydroxyl groups excluding tert-OH is 1. The average Bonchev–Trinajstić information content (AvgIpc) is 2.87. The minimum Gasteiger partial charge on any atom is -0.459 e. The van der Waals surface area contributed by atoms with Crippen molar-refractivity contribution in [1.82, 2.24) is 0 Å². The second kappa shape index (κ2) is 5.74. The summed E-state index contributed by atoms with van der Waals surface area (Å²) in [6.45, 7) is 6.14. The van der Waals surface area contributed by atoms with Gasteiger partial charge in [-0.15, -0.1) is 0 Å². The van der Waals surface area contributed by atoms with Crippen molar-refractivity contribution in [3.8, 4) is 0 Å². The molecule has 0 aromatic heterocycles. The van der Waals surface area contributed by atoms with E-state index in [1.807, 2.05) is 0 Å². The Morgan fingerprint density at radius 2 is 2.25 bits per heavy atom. The summed E-state index contributed by atoms with van der Waals surface area (Å²) in [4.78, 5) is 10.7. The predicted octanol–water partition coefficient (Wildman–Crippen LogP) is 0.113. The van der Waals surface area contributed by atoms with Crippen molar-refractivity contribution in [3.63, 3.8) is 0 Å². The Labute approximate surface area is 71.8 Å². The second-order valence-corrected chi connectivity index (χ2v) is 2.33. The van der Waals surface area contributed by atoms with E-state index in [2.05, 4.69) is 6.58 Å². The summed E-state index contributed by atoms with van der Waals surface area (Å²) in [5.41, 5.74) is 0.431. The summed E-state index contributed by atoms with van der Waals surface area (Å²) < 4.78 is 9.60. The van der Waals surface area contributed by atoms with Gasteiger partial charge in [-0.25, -0.2) is 4.79 Å². The van der Waals surface area contributed by atoms with Crippen LogP contribution in [0.1, 0.15) is 6.92 Å². The lowest BCUT2D eigenvalue weighted by atomic mass is 10.4. The van der Waals surface area contributed by atoms with E-state index in [-0.39, 0.29) is 12.1 Å². The zero-order valence-corrected chi connectivity index (χ0v) is 7.37. The molecule has 1 unspecified atom stereocenters. The third kappa shape index (κ3) is 4.87. The van der Waals surface area contributed by atoms with Gasteiger partial charge < -0.3 is 14.6 Å². The minimum atomic E-state index is -0.337. The summed E-state index contributed by atoms with van der Waals surface area (Å²) in [6.07, 6.45) is 0.142. The van der Waals surface area contributed by atoms with Crippen LogP contribution in [-0.4, -0.2) is 37.5 Å². The van der Waals surface area contributed by atoms with Crippen molar-refractivity contribution in [2.24, 2.45) is 0 Å². The Morgan fingerprint density at radius 3 is 2.58 bits per heavy atom. The highest BCUT2D eigenvalue weighted by molar-refractivity contribution is 5.86. The van der Waals surface area contributed by atoms with Gasteiger partial charge >= 0.3 is 5.97 Å². The summed E-state index contributed by atoms with van der Waals surface area (Å²) in [7, 11) is 1.00. The summed E-state index contributed by atoms with van der Waals surface area (Å²) in [5.74, 6) is -0.337. The van der Waals surface area contributed by atoms with Crippen LogP contribution in [-0.2, 0) is 14.3 Å². The molecule has 1 N–H and O–H groups in total. The molecule has 1 aliphatic rings. The molecule has 0 radical (unpaired) electrons. The molecular formula is C8H14O4. The van der Waals surface area contributed by atoms with E-state index in [9.17, 15) is 4.79 Å². The summed E-state index contributed by atoms with van der Waals surface area (Å²) >= 11 is 0. The van der Waals surface area contributed by atoms with Gasteiger partial charge in [0.15, 0.2) is 0 Å². The molecule has 0 bridgehead atoms. The molecule has 1 heterocycles. The molecule has 0 aromatic rings. The maximum atomic E-state index is 10.7. The van der Waals surface area contributed by atoms with Crippen LogP contribution in [0.25, 0.3) is 0 Å². The van der Waals surface area contributed by atoms with Gasteiger partial charge in [-0.3, -0.25) is 0 Å². The van der Waals surface area contributed by atoms with Crippen LogP contribution in [0.4, 0.5) is 0 Å². The summed E-state index contributed by atoms with van der Waals surface area (Å²) in [6, 6.07) is 0. The van der Waals surface area contributed by atoms with Crippen LogP contribution in [0, 0.1) is 0 Å². The first-order valence-corrected chi connectivity index (χ1v) is 3.59. The first kappa shape index (κ1) is 11.1. The maximum absolute atomic E-state index is 10.7. The van der Waals surface area contributed by atoms with E-state index in [1.165, 1.54) is 0 Å². The van der Waals surface area contributed by atoms with Crippen molar-refractivity contribution < 1.29 is 19.4 Å². The number of aliphatic hydroxyl groups is 1. The minimum absolute atomic E-state index is 0.142. The summed E-state index contributed by atoms with van der Waals surface area (Å²) in [5, 5.41) is 7.00. The van der Waals surface area contributed by atoms with Crippen LogP contribution < -0.4 is 0 Å². The average molecular weight is 174 g/mol. The Hall–Kier alpha value is -0.870. The van der Waals surface area contributed by atoms with Crippen LogP contribution in [0.15, 0.2) is 12.2 Å². The number of esters is 1. The lowest BCUT2D eigenvalue weighted by molar-refractivity contribution is -0.139. The Balaban J connectivity index is 0.000000561. The Bertz CT molecular complexity index is 160. The fourth-order valence-corrected chi connectivity index (χ4v) is 0.456. The highest BCUT2D eigenvalue weighted by Crippen LogP contribution is 2.09. The lowest BCUT2D eigenvalue weighted by Gasteiger charge is -1.99. The Kier molecular flexibility index (Phi) is 5.32. The van der Waals surface area contributed by atoms with Gasteiger partial charge in [-0.05, 0) is 6.92 Å². The van der Waals surface area contributed by atoms with E-state index in [0.717, 1.165) is 7.11 Å². The number of epoxide rings is 1. The van der Waals surface area contributed by atoms with Crippen LogP contribution >= 0.6 is 0 Å². The normalized spacial score (nSPS) is 18.8. The molecular weight excluding hydrogens is 160 g/mol. The SMILES string of the molecule is C=C(C)C(=O)OCC1CO1.CO. The molecule has 0 saturated carbocycles. The molecule has 0 aliphatic carbocycles. The van der Waals surface area contributed by atoms with Crippen LogP contribution in [0.2, 0.25) is 0 Å². The highest BCUT2D eigenvalue weighted by Gasteiger charge is 2.24. The number of carbonyl (C=O) groups is 1. The molecule has 0 spiro atoms. The van der Waals surface area contributed by atoms with Gasteiger partial charge in [0, 0.05) is 12.7 Å². The first-order chi connectivity index (χ1) is 5.70. The van der Waals surface area contributed by atoms with Gasteiger partial charge in [0.2, 0.25) is 0 Å². The first-order valence-electron chi connectivity index (χ1n) is 3.59. The second-order valence-electron chi connectivity index (χ2n) is 2.33. The zero-order chi connectivity index (χ0) is 9.56. The fraction of sp³-hybridized carbons (Fsp3) is 0.625. The van der Waals surface area contributed by atoms with Gasteiger partial charge in [-0.1, -0.05) is 6.58 Å². The quantitative estimate of drug-likeness (QED) is 0.375. The lowest BCUT2D eigenvalue weighted by Crippen LogP contribution is -2.09. The van der Waals surface area contributed by atoms with Gasteiger partial charge in [-0.2, -0.15) is 0 Å². The molecule has 12 heavy (non-hydrogen) atoms. The highest BCUT2D eigenvalue weighted by atomic mass is 16.6. The van der Waals surface area contributed by atoms with Crippen LogP contribution in [0.3, 0.4) is 0 Å². The number of rotatable bonds is 3. The largest absolute Gasteiger partial charge is 0.459 e. The van der Waals surface area contributed by atoms with Gasteiger partial charge in [0.25, 0.3) is 0 Å². The van der Waals surface area contributed by atoms with Gasteiger partial charge in [0.05, 0.1) is 6.61 Å². The van der Waals surface area contributed by atoms with Crippen molar-refractivity contribution in [2.45, 2.75) is 13.0 Å². The van der Waals surface area contributed by atoms with Crippen molar-refractivity contribution in [1.29, 1.82) is 0 Å². The molecule has 0 amide bonds. The van der Waals surface area contributed by atoms with E-state index < -0.39 is 0 Å². The third-order valence-corrected chi connectivity index (χ3v) is 1.15. The number of hydrogen-bond acceptors (Lipinski definition) is 4. The van der Waals surface area contributed by atoms with E-state index >= 15 is 0 Å². The zero-order valence-electron chi connectivity index (χ0n) is 7.37. The van der Waals surface area contributed by atoms with Crippen molar-refractivity contribution in [3.05, 3.63) is 12.2 Å². The van der Waals surface area contributed by atoms with Crippen molar-refractivity contribution >= 4 is 5.97 Å².